The molecule has 0 spiro atoms. The molecule has 2 N–H and O–H groups in total. The van der Waals surface area contributed by atoms with Crippen LogP contribution in [0.5, 0.6) is 0 Å². The van der Waals surface area contributed by atoms with Crippen LogP contribution in [0.2, 0.25) is 0 Å². The van der Waals surface area contributed by atoms with Crippen molar-refractivity contribution in [3.8, 4) is 0 Å². The summed E-state index contributed by atoms with van der Waals surface area (Å²) in [7, 11) is 0. The van der Waals surface area contributed by atoms with Gasteiger partial charge in [0.05, 0.1) is 11.3 Å². The molecule has 0 bridgehead atoms. The van der Waals surface area contributed by atoms with Gasteiger partial charge in [-0.15, -0.1) is 0 Å². The lowest BCUT2D eigenvalue weighted by Crippen LogP contribution is -2.23. The van der Waals surface area contributed by atoms with Gasteiger partial charge >= 0.3 is 0 Å². The molecule has 3 rings (SSSR count). The predicted molar refractivity (Wildman–Crippen MR) is 105 cm³/mol. The topological polar surface area (TPSA) is 114 Å². The first-order chi connectivity index (χ1) is 13.4. The van der Waals surface area contributed by atoms with Crippen LogP contribution >= 0.6 is 0 Å². The fourth-order valence-corrected chi connectivity index (χ4v) is 2.93. The van der Waals surface area contributed by atoms with Crippen molar-refractivity contribution in [1.29, 1.82) is 0 Å². The van der Waals surface area contributed by atoms with Crippen molar-refractivity contribution >= 4 is 28.9 Å². The van der Waals surface area contributed by atoms with Crippen molar-refractivity contribution in [1.82, 2.24) is 5.43 Å². The van der Waals surface area contributed by atoms with E-state index in [0.29, 0.717) is 11.4 Å². The van der Waals surface area contributed by atoms with E-state index in [2.05, 4.69) is 15.8 Å². The number of rotatable bonds is 7. The molecule has 1 aliphatic rings. The van der Waals surface area contributed by atoms with Crippen molar-refractivity contribution in [3.05, 3.63) is 70.3 Å². The summed E-state index contributed by atoms with van der Waals surface area (Å²) in [5.41, 5.74) is 4.54. The molecular weight excluding hydrogens is 360 g/mol. The molecule has 1 aliphatic carbocycles. The van der Waals surface area contributed by atoms with E-state index < -0.39 is 4.92 Å². The Morgan fingerprint density at radius 3 is 2.46 bits per heavy atom. The Hall–Kier alpha value is -3.55. The number of nitro benzene ring substituents is 1. The van der Waals surface area contributed by atoms with Crippen LogP contribution < -0.4 is 10.7 Å². The molecule has 2 aromatic carbocycles. The van der Waals surface area contributed by atoms with Crippen molar-refractivity contribution < 1.29 is 14.5 Å². The Morgan fingerprint density at radius 1 is 1.14 bits per heavy atom. The molecule has 0 aliphatic heterocycles. The summed E-state index contributed by atoms with van der Waals surface area (Å²) in [5, 5.41) is 17.3. The maximum Gasteiger partial charge on any atom is 0.269 e. The molecule has 0 heterocycles. The molecular formula is C20H20N4O4. The summed E-state index contributed by atoms with van der Waals surface area (Å²) >= 11 is 0. The van der Waals surface area contributed by atoms with Gasteiger partial charge in [0, 0.05) is 29.4 Å². The zero-order valence-electron chi connectivity index (χ0n) is 15.3. The summed E-state index contributed by atoms with van der Waals surface area (Å²) in [6, 6.07) is 15.4. The van der Waals surface area contributed by atoms with Gasteiger partial charge in [-0.05, 0) is 37.0 Å². The summed E-state index contributed by atoms with van der Waals surface area (Å²) in [6.07, 6.45) is 0.801. The molecule has 8 heteroatoms. The third-order valence-electron chi connectivity index (χ3n) is 4.49. The number of benzene rings is 2. The van der Waals surface area contributed by atoms with Crippen molar-refractivity contribution in [2.45, 2.75) is 25.7 Å². The summed E-state index contributed by atoms with van der Waals surface area (Å²) in [5.74, 6) is -0.336. The number of nitrogens with one attached hydrogen (secondary N) is 2. The first-order valence-electron chi connectivity index (χ1n) is 8.86. The van der Waals surface area contributed by atoms with E-state index in [4.69, 9.17) is 0 Å². The maximum atomic E-state index is 12.2. The number of carbonyl (C=O) groups is 2. The number of nitrogens with zero attached hydrogens (tertiary/aromatic N) is 2. The van der Waals surface area contributed by atoms with Gasteiger partial charge in [0.1, 0.15) is 0 Å². The zero-order chi connectivity index (χ0) is 20.1. The molecule has 28 heavy (non-hydrogen) atoms. The van der Waals surface area contributed by atoms with Crippen molar-refractivity contribution in [2.24, 2.45) is 11.0 Å². The number of hydrogen-bond donors (Lipinski definition) is 2. The summed E-state index contributed by atoms with van der Waals surface area (Å²) < 4.78 is 0. The Labute approximate surface area is 161 Å². The lowest BCUT2D eigenvalue weighted by atomic mass is 10.1. The van der Waals surface area contributed by atoms with Crippen LogP contribution in [0.3, 0.4) is 0 Å². The second kappa shape index (κ2) is 8.43. The van der Waals surface area contributed by atoms with Gasteiger partial charge in [0.25, 0.3) is 5.69 Å². The standard InChI is InChI=1S/C20H20N4O4/c1-13(11-19(25)21-15-7-9-16(10-8-15)24(27)28)22-23-20(26)18-12-17(18)14-5-3-2-4-6-14/h2-10,17-18H,11-12H2,1H3,(H,21,25)(H,23,26)/b22-13+. The van der Waals surface area contributed by atoms with Gasteiger partial charge in [-0.1, -0.05) is 30.3 Å². The van der Waals surface area contributed by atoms with E-state index in [9.17, 15) is 19.7 Å². The minimum Gasteiger partial charge on any atom is -0.326 e. The predicted octanol–water partition coefficient (Wildman–Crippen LogP) is 3.22. The number of anilines is 1. The molecule has 0 radical (unpaired) electrons. The maximum absolute atomic E-state index is 12.2. The molecule has 2 atom stereocenters. The van der Waals surface area contributed by atoms with Crippen LogP contribution in [-0.4, -0.2) is 22.4 Å². The molecule has 1 saturated carbocycles. The Morgan fingerprint density at radius 2 is 1.82 bits per heavy atom. The SMILES string of the molecule is C/C(CC(=O)Nc1ccc([N+](=O)[O-])cc1)=N\NC(=O)C1CC1c1ccccc1. The second-order valence-corrected chi connectivity index (χ2v) is 6.71. The first-order valence-corrected chi connectivity index (χ1v) is 8.86. The fourth-order valence-electron chi connectivity index (χ4n) is 2.93. The van der Waals surface area contributed by atoms with E-state index >= 15 is 0 Å². The number of amides is 2. The minimum absolute atomic E-state index is 0.00402. The minimum atomic E-state index is -0.507. The highest BCUT2D eigenvalue weighted by Gasteiger charge is 2.43. The molecule has 8 nitrogen and oxygen atoms in total. The molecule has 1 fully saturated rings. The number of carbonyl (C=O) groups excluding carboxylic acids is 2. The van der Waals surface area contributed by atoms with E-state index in [1.165, 1.54) is 24.3 Å². The second-order valence-electron chi connectivity index (χ2n) is 6.71. The number of non-ortho nitro benzene ring substituents is 1. The van der Waals surface area contributed by atoms with Crippen LogP contribution in [0, 0.1) is 16.0 Å². The molecule has 2 aromatic rings. The Bertz CT molecular complexity index is 910. The largest absolute Gasteiger partial charge is 0.326 e. The molecule has 144 valence electrons. The third-order valence-corrected chi connectivity index (χ3v) is 4.49. The average Bonchev–Trinajstić information content (AvgIpc) is 3.48. The van der Waals surface area contributed by atoms with Crippen LogP contribution in [0.25, 0.3) is 0 Å². The molecule has 2 unspecified atom stereocenters. The molecule has 0 aromatic heterocycles. The lowest BCUT2D eigenvalue weighted by Gasteiger charge is -2.05. The van der Waals surface area contributed by atoms with E-state index in [0.717, 1.165) is 12.0 Å². The monoisotopic (exact) mass is 380 g/mol. The molecule has 0 saturated heterocycles. The Kier molecular flexibility index (Phi) is 5.78. The summed E-state index contributed by atoms with van der Waals surface area (Å²) in [6.45, 7) is 1.65. The number of nitro groups is 1. The third kappa shape index (κ3) is 5.00. The highest BCUT2D eigenvalue weighted by molar-refractivity contribution is 6.05. The van der Waals surface area contributed by atoms with E-state index in [1.54, 1.807) is 6.92 Å². The van der Waals surface area contributed by atoms with Crippen LogP contribution in [0.4, 0.5) is 11.4 Å². The van der Waals surface area contributed by atoms with E-state index in [1.807, 2.05) is 30.3 Å². The normalized spacial score (nSPS) is 18.2. The Balaban J connectivity index is 1.45. The van der Waals surface area contributed by atoms with Gasteiger partial charge < -0.3 is 5.32 Å². The fraction of sp³-hybridized carbons (Fsp3) is 0.250. The van der Waals surface area contributed by atoms with Gasteiger partial charge in [0.2, 0.25) is 11.8 Å². The first kappa shape index (κ1) is 19.2. The molecule has 2 amide bonds. The van der Waals surface area contributed by atoms with Crippen LogP contribution in [0.1, 0.15) is 31.2 Å². The lowest BCUT2D eigenvalue weighted by molar-refractivity contribution is -0.384. The zero-order valence-corrected chi connectivity index (χ0v) is 15.3. The number of hydrazone groups is 1. The smallest absolute Gasteiger partial charge is 0.269 e. The quantitative estimate of drug-likeness (QED) is 0.436. The average molecular weight is 380 g/mol. The van der Waals surface area contributed by atoms with Crippen LogP contribution in [-0.2, 0) is 9.59 Å². The highest BCUT2D eigenvalue weighted by atomic mass is 16.6. The van der Waals surface area contributed by atoms with Gasteiger partial charge in [-0.25, -0.2) is 5.43 Å². The highest BCUT2D eigenvalue weighted by Crippen LogP contribution is 2.47. The van der Waals surface area contributed by atoms with Gasteiger partial charge in [-0.3, -0.25) is 19.7 Å². The summed E-state index contributed by atoms with van der Waals surface area (Å²) in [4.78, 5) is 34.3. The van der Waals surface area contributed by atoms with E-state index in [-0.39, 0.29) is 35.8 Å². The number of hydrogen-bond acceptors (Lipinski definition) is 5. The van der Waals surface area contributed by atoms with Gasteiger partial charge in [0.15, 0.2) is 0 Å². The van der Waals surface area contributed by atoms with Crippen LogP contribution in [0.15, 0.2) is 59.7 Å². The van der Waals surface area contributed by atoms with Crippen molar-refractivity contribution in [3.63, 3.8) is 0 Å². The van der Waals surface area contributed by atoms with Crippen molar-refractivity contribution in [2.75, 3.05) is 5.32 Å². The van der Waals surface area contributed by atoms with Gasteiger partial charge in [-0.2, -0.15) is 5.10 Å².